The summed E-state index contributed by atoms with van der Waals surface area (Å²) in [5.74, 6) is 0.833. The molecule has 0 radical (unpaired) electrons. The first kappa shape index (κ1) is 13.9. The first-order valence-corrected chi connectivity index (χ1v) is 6.71. The van der Waals surface area contributed by atoms with Crippen LogP contribution in [0.2, 0.25) is 0 Å². The van der Waals surface area contributed by atoms with Gasteiger partial charge < -0.3 is 10.1 Å². The molecule has 1 aliphatic heterocycles. The van der Waals surface area contributed by atoms with Crippen LogP contribution in [0.1, 0.15) is 33.1 Å². The van der Waals surface area contributed by atoms with Gasteiger partial charge in [-0.3, -0.25) is 4.90 Å². The largest absolute Gasteiger partial charge is 0.383 e. The van der Waals surface area contributed by atoms with Crippen molar-refractivity contribution < 1.29 is 4.74 Å². The number of hydrogen-bond donors (Lipinski definition) is 1. The van der Waals surface area contributed by atoms with Crippen LogP contribution in [0.15, 0.2) is 0 Å². The first-order chi connectivity index (χ1) is 7.77. The number of methoxy groups -OCH3 is 1. The minimum atomic E-state index is 0.548. The molecule has 1 rings (SSSR count). The molecule has 0 amide bonds. The Morgan fingerprint density at radius 2 is 2.31 bits per heavy atom. The molecule has 1 aliphatic rings. The fourth-order valence-electron chi connectivity index (χ4n) is 2.54. The normalized spacial score (nSPS) is 23.6. The molecule has 0 aliphatic carbocycles. The average Bonchev–Trinajstić information content (AvgIpc) is 2.30. The van der Waals surface area contributed by atoms with Gasteiger partial charge in [0.2, 0.25) is 0 Å². The Kier molecular flexibility index (Phi) is 7.01. The summed E-state index contributed by atoms with van der Waals surface area (Å²) >= 11 is 0. The Bertz CT molecular complexity index is 169. The highest BCUT2D eigenvalue weighted by Crippen LogP contribution is 2.14. The van der Waals surface area contributed by atoms with E-state index in [4.69, 9.17) is 4.74 Å². The van der Waals surface area contributed by atoms with E-state index in [2.05, 4.69) is 24.1 Å². The van der Waals surface area contributed by atoms with Crippen molar-refractivity contribution in [2.45, 2.75) is 39.2 Å². The van der Waals surface area contributed by atoms with E-state index >= 15 is 0 Å². The van der Waals surface area contributed by atoms with Crippen molar-refractivity contribution >= 4 is 0 Å². The Morgan fingerprint density at radius 3 is 2.88 bits per heavy atom. The molecule has 1 saturated heterocycles. The molecule has 1 heterocycles. The van der Waals surface area contributed by atoms with Crippen LogP contribution >= 0.6 is 0 Å². The number of ether oxygens (including phenoxy) is 1. The second-order valence-corrected chi connectivity index (χ2v) is 5.01. The third-order valence-corrected chi connectivity index (χ3v) is 3.43. The predicted molar refractivity (Wildman–Crippen MR) is 68.8 cm³/mol. The van der Waals surface area contributed by atoms with Crippen LogP contribution in [0.3, 0.4) is 0 Å². The molecular formula is C13H28N2O. The van der Waals surface area contributed by atoms with Crippen molar-refractivity contribution in [3.05, 3.63) is 0 Å². The monoisotopic (exact) mass is 228 g/mol. The van der Waals surface area contributed by atoms with Crippen molar-refractivity contribution in [2.75, 3.05) is 39.9 Å². The van der Waals surface area contributed by atoms with Crippen molar-refractivity contribution in [3.8, 4) is 0 Å². The van der Waals surface area contributed by atoms with Crippen molar-refractivity contribution in [1.82, 2.24) is 10.2 Å². The van der Waals surface area contributed by atoms with Gasteiger partial charge in [-0.05, 0) is 51.7 Å². The molecule has 2 atom stereocenters. The number of nitrogens with one attached hydrogen (secondary N) is 1. The van der Waals surface area contributed by atoms with E-state index in [1.54, 1.807) is 7.11 Å². The van der Waals surface area contributed by atoms with Gasteiger partial charge in [0.1, 0.15) is 0 Å². The van der Waals surface area contributed by atoms with Crippen LogP contribution in [0.5, 0.6) is 0 Å². The minimum Gasteiger partial charge on any atom is -0.383 e. The lowest BCUT2D eigenvalue weighted by molar-refractivity contribution is 0.0841. The zero-order valence-corrected chi connectivity index (χ0v) is 11.2. The third kappa shape index (κ3) is 4.81. The van der Waals surface area contributed by atoms with Crippen molar-refractivity contribution in [2.24, 2.45) is 5.92 Å². The summed E-state index contributed by atoms with van der Waals surface area (Å²) in [5, 5.41) is 3.50. The standard InChI is InChI=1S/C13H28N2O/c1-4-8-15(12(2)11-16-3)10-13-6-5-7-14-9-13/h12-14H,4-11H2,1-3H3. The maximum atomic E-state index is 5.26. The molecule has 0 aromatic heterocycles. The number of nitrogens with zero attached hydrogens (tertiary/aromatic N) is 1. The Labute approximate surface area is 101 Å². The summed E-state index contributed by atoms with van der Waals surface area (Å²) in [5.41, 5.74) is 0. The van der Waals surface area contributed by atoms with Crippen LogP contribution in [0.25, 0.3) is 0 Å². The highest BCUT2D eigenvalue weighted by Gasteiger charge is 2.19. The van der Waals surface area contributed by atoms with Gasteiger partial charge in [0.05, 0.1) is 6.61 Å². The number of hydrogen-bond acceptors (Lipinski definition) is 3. The Balaban J connectivity index is 2.35. The molecule has 96 valence electrons. The van der Waals surface area contributed by atoms with Crippen LogP contribution < -0.4 is 5.32 Å². The summed E-state index contributed by atoms with van der Waals surface area (Å²) in [6.45, 7) is 10.2. The van der Waals surface area contributed by atoms with Gasteiger partial charge in [0.25, 0.3) is 0 Å². The zero-order chi connectivity index (χ0) is 11.8. The average molecular weight is 228 g/mol. The van der Waals surface area contributed by atoms with Gasteiger partial charge in [0.15, 0.2) is 0 Å². The zero-order valence-electron chi connectivity index (χ0n) is 11.2. The summed E-state index contributed by atoms with van der Waals surface area (Å²) in [6.07, 6.45) is 3.95. The quantitative estimate of drug-likeness (QED) is 0.718. The fourth-order valence-corrected chi connectivity index (χ4v) is 2.54. The van der Waals surface area contributed by atoms with Gasteiger partial charge in [-0.25, -0.2) is 0 Å². The van der Waals surface area contributed by atoms with E-state index in [1.807, 2.05) is 0 Å². The second-order valence-electron chi connectivity index (χ2n) is 5.01. The molecule has 0 saturated carbocycles. The molecule has 16 heavy (non-hydrogen) atoms. The summed E-state index contributed by atoms with van der Waals surface area (Å²) < 4.78 is 5.26. The molecule has 0 aromatic carbocycles. The maximum absolute atomic E-state index is 5.26. The van der Waals surface area contributed by atoms with Gasteiger partial charge in [-0.15, -0.1) is 0 Å². The molecule has 0 aromatic rings. The lowest BCUT2D eigenvalue weighted by Crippen LogP contribution is -2.43. The van der Waals surface area contributed by atoms with Crippen LogP contribution in [-0.2, 0) is 4.74 Å². The van der Waals surface area contributed by atoms with E-state index < -0.39 is 0 Å². The van der Waals surface area contributed by atoms with E-state index in [1.165, 1.54) is 45.4 Å². The topological polar surface area (TPSA) is 24.5 Å². The number of rotatable bonds is 7. The first-order valence-electron chi connectivity index (χ1n) is 6.71. The molecule has 2 unspecified atom stereocenters. The second kappa shape index (κ2) is 8.04. The van der Waals surface area contributed by atoms with Crippen LogP contribution in [-0.4, -0.2) is 50.8 Å². The van der Waals surface area contributed by atoms with E-state index in [0.29, 0.717) is 6.04 Å². The third-order valence-electron chi connectivity index (χ3n) is 3.43. The maximum Gasteiger partial charge on any atom is 0.0615 e. The molecule has 1 fully saturated rings. The fraction of sp³-hybridized carbons (Fsp3) is 1.00. The molecular weight excluding hydrogens is 200 g/mol. The summed E-state index contributed by atoms with van der Waals surface area (Å²) in [6, 6.07) is 0.548. The molecule has 3 nitrogen and oxygen atoms in total. The van der Waals surface area contributed by atoms with Gasteiger partial charge in [0, 0.05) is 19.7 Å². The van der Waals surface area contributed by atoms with Gasteiger partial charge in [-0.2, -0.15) is 0 Å². The summed E-state index contributed by atoms with van der Waals surface area (Å²) in [4.78, 5) is 2.58. The predicted octanol–water partition coefficient (Wildman–Crippen LogP) is 1.73. The van der Waals surface area contributed by atoms with Gasteiger partial charge >= 0.3 is 0 Å². The van der Waals surface area contributed by atoms with E-state index in [-0.39, 0.29) is 0 Å². The summed E-state index contributed by atoms with van der Waals surface area (Å²) in [7, 11) is 1.79. The van der Waals surface area contributed by atoms with E-state index in [9.17, 15) is 0 Å². The highest BCUT2D eigenvalue weighted by molar-refractivity contribution is 4.75. The number of piperidine rings is 1. The molecule has 0 bridgehead atoms. The smallest absolute Gasteiger partial charge is 0.0615 e. The van der Waals surface area contributed by atoms with Gasteiger partial charge in [-0.1, -0.05) is 6.92 Å². The minimum absolute atomic E-state index is 0.548. The Hall–Kier alpha value is -0.120. The van der Waals surface area contributed by atoms with Crippen LogP contribution in [0.4, 0.5) is 0 Å². The molecule has 1 N–H and O–H groups in total. The molecule has 0 spiro atoms. The lowest BCUT2D eigenvalue weighted by Gasteiger charge is -2.33. The highest BCUT2D eigenvalue weighted by atomic mass is 16.5. The lowest BCUT2D eigenvalue weighted by atomic mass is 9.98. The van der Waals surface area contributed by atoms with E-state index in [0.717, 1.165) is 12.5 Å². The van der Waals surface area contributed by atoms with Crippen LogP contribution in [0, 0.1) is 5.92 Å². The van der Waals surface area contributed by atoms with Crippen molar-refractivity contribution in [1.29, 1.82) is 0 Å². The SMILES string of the molecule is CCCN(CC1CCCNC1)C(C)COC. The van der Waals surface area contributed by atoms with Crippen molar-refractivity contribution in [3.63, 3.8) is 0 Å². The Morgan fingerprint density at radius 1 is 1.50 bits per heavy atom. The molecule has 3 heteroatoms.